The molecule has 5 aromatic rings. The summed E-state index contributed by atoms with van der Waals surface area (Å²) in [4.78, 5) is 17.4. The first-order valence-corrected chi connectivity index (χ1v) is 12.6. The Morgan fingerprint density at radius 1 is 1.06 bits per heavy atom. The molecule has 0 atom stereocenters. The van der Waals surface area contributed by atoms with E-state index in [0.29, 0.717) is 32.8 Å². The Kier molecular flexibility index (Phi) is 6.93. The van der Waals surface area contributed by atoms with E-state index in [1.165, 1.54) is 0 Å². The molecule has 1 amide bonds. The molecule has 10 heteroatoms. The van der Waals surface area contributed by atoms with E-state index in [1.807, 2.05) is 42.5 Å². The molecule has 0 radical (unpaired) electrons. The van der Waals surface area contributed by atoms with Crippen molar-refractivity contribution in [3.05, 3.63) is 88.6 Å². The number of aromatic nitrogens is 1. The summed E-state index contributed by atoms with van der Waals surface area (Å²) < 4.78 is 12.3. The van der Waals surface area contributed by atoms with Gasteiger partial charge in [0, 0.05) is 16.1 Å². The van der Waals surface area contributed by atoms with Crippen molar-refractivity contribution in [1.29, 1.82) is 0 Å². The molecule has 2 heterocycles. The third-order valence-electron chi connectivity index (χ3n) is 5.24. The monoisotopic (exact) mass is 553 g/mol. The van der Waals surface area contributed by atoms with Crippen LogP contribution in [0, 0.1) is 0 Å². The van der Waals surface area contributed by atoms with Crippen LogP contribution in [0.2, 0.25) is 10.0 Å². The van der Waals surface area contributed by atoms with Gasteiger partial charge < -0.3 is 14.5 Å². The Morgan fingerprint density at radius 3 is 2.67 bits per heavy atom. The van der Waals surface area contributed by atoms with E-state index in [0.717, 1.165) is 20.8 Å². The Hall–Kier alpha value is -3.43. The minimum Gasteiger partial charge on any atom is -0.495 e. The minimum absolute atomic E-state index is 0.0790. The van der Waals surface area contributed by atoms with E-state index in [9.17, 15) is 4.79 Å². The van der Waals surface area contributed by atoms with E-state index in [4.69, 9.17) is 49.6 Å². The lowest BCUT2D eigenvalue weighted by atomic mass is 10.2. The van der Waals surface area contributed by atoms with Gasteiger partial charge in [-0.15, -0.1) is 11.3 Å². The Bertz CT molecular complexity index is 1580. The van der Waals surface area contributed by atoms with Crippen molar-refractivity contribution in [2.45, 2.75) is 0 Å². The molecule has 2 N–H and O–H groups in total. The number of carbonyl (C=O) groups excluding carboxylic acids is 1. The van der Waals surface area contributed by atoms with Crippen molar-refractivity contribution in [1.82, 2.24) is 10.3 Å². The number of amides is 1. The summed E-state index contributed by atoms with van der Waals surface area (Å²) in [7, 11) is 1.56. The van der Waals surface area contributed by atoms with Gasteiger partial charge in [0.2, 0.25) is 0 Å². The average Bonchev–Trinajstić information content (AvgIpc) is 3.51. The van der Waals surface area contributed by atoms with Crippen LogP contribution in [0.4, 0.5) is 5.69 Å². The average molecular weight is 554 g/mol. The summed E-state index contributed by atoms with van der Waals surface area (Å²) in [6.07, 6.45) is 0. The third-order valence-corrected chi connectivity index (χ3v) is 7.08. The second-order valence-electron chi connectivity index (χ2n) is 7.60. The molecule has 0 fully saturated rings. The molecule has 0 unspecified atom stereocenters. The summed E-state index contributed by atoms with van der Waals surface area (Å²) in [5, 5.41) is 7.54. The fourth-order valence-corrected chi connectivity index (χ4v) is 5.21. The summed E-state index contributed by atoms with van der Waals surface area (Å²) in [6, 6.07) is 21.8. The number of halogens is 2. The van der Waals surface area contributed by atoms with Crippen molar-refractivity contribution in [2.75, 3.05) is 12.4 Å². The molecule has 180 valence electrons. The molecule has 6 nitrogen and oxygen atoms in total. The first-order valence-electron chi connectivity index (χ1n) is 10.6. The smallest absolute Gasteiger partial charge is 0.293 e. The van der Waals surface area contributed by atoms with Crippen molar-refractivity contribution >= 4 is 73.7 Å². The maximum absolute atomic E-state index is 12.7. The third kappa shape index (κ3) is 5.08. The van der Waals surface area contributed by atoms with Gasteiger partial charge in [0.25, 0.3) is 5.91 Å². The van der Waals surface area contributed by atoms with E-state index in [1.54, 1.807) is 48.8 Å². The number of thiazole rings is 1. The number of fused-ring (bicyclic) bond motifs is 1. The van der Waals surface area contributed by atoms with Gasteiger partial charge in [0.05, 0.1) is 28.0 Å². The van der Waals surface area contributed by atoms with Crippen LogP contribution < -0.4 is 15.4 Å². The topological polar surface area (TPSA) is 76.4 Å². The molecule has 5 rings (SSSR count). The van der Waals surface area contributed by atoms with Crippen LogP contribution in [-0.4, -0.2) is 23.1 Å². The van der Waals surface area contributed by atoms with Crippen LogP contribution >= 0.6 is 46.8 Å². The molecule has 3 aromatic carbocycles. The van der Waals surface area contributed by atoms with Crippen LogP contribution in [0.1, 0.15) is 10.6 Å². The quantitative estimate of drug-likeness (QED) is 0.217. The van der Waals surface area contributed by atoms with Crippen LogP contribution in [0.5, 0.6) is 5.75 Å². The molecule has 0 saturated heterocycles. The first-order chi connectivity index (χ1) is 17.4. The number of ether oxygens (including phenoxy) is 1. The van der Waals surface area contributed by atoms with Crippen molar-refractivity contribution in [2.24, 2.45) is 0 Å². The van der Waals surface area contributed by atoms with Crippen molar-refractivity contribution < 1.29 is 13.9 Å². The van der Waals surface area contributed by atoms with E-state index >= 15 is 0 Å². The SMILES string of the molecule is COc1ccc(-c2nc3ccccc3s2)cc1NC(=S)NC(=O)c1ccc(-c2ccc(Cl)cc2Cl)o1. The molecule has 0 aliphatic rings. The molecular weight excluding hydrogens is 537 g/mol. The fourth-order valence-electron chi connectivity index (χ4n) is 3.55. The summed E-state index contributed by atoms with van der Waals surface area (Å²) in [5.41, 5.74) is 3.04. The van der Waals surface area contributed by atoms with Crippen LogP contribution in [0.3, 0.4) is 0 Å². The predicted octanol–water partition coefficient (Wildman–Crippen LogP) is 7.67. The highest BCUT2D eigenvalue weighted by Gasteiger charge is 2.17. The van der Waals surface area contributed by atoms with Gasteiger partial charge in [-0.2, -0.15) is 0 Å². The summed E-state index contributed by atoms with van der Waals surface area (Å²) in [6.45, 7) is 0. The number of carbonyl (C=O) groups is 1. The number of rotatable bonds is 5. The van der Waals surface area contributed by atoms with Gasteiger partial charge in [-0.05, 0) is 72.9 Å². The first kappa shape index (κ1) is 24.3. The largest absolute Gasteiger partial charge is 0.495 e. The highest BCUT2D eigenvalue weighted by molar-refractivity contribution is 7.80. The molecule has 0 bridgehead atoms. The van der Waals surface area contributed by atoms with E-state index in [2.05, 4.69) is 10.6 Å². The molecule has 2 aromatic heterocycles. The second-order valence-corrected chi connectivity index (χ2v) is 9.88. The number of nitrogens with one attached hydrogen (secondary N) is 2. The van der Waals surface area contributed by atoms with Gasteiger partial charge in [-0.25, -0.2) is 4.98 Å². The van der Waals surface area contributed by atoms with Gasteiger partial charge in [-0.3, -0.25) is 10.1 Å². The van der Waals surface area contributed by atoms with Crippen LogP contribution in [-0.2, 0) is 0 Å². The predicted molar refractivity (Wildman–Crippen MR) is 149 cm³/mol. The number of furan rings is 1. The van der Waals surface area contributed by atoms with Crippen LogP contribution in [0.25, 0.3) is 32.1 Å². The Balaban J connectivity index is 1.32. The zero-order chi connectivity index (χ0) is 25.2. The van der Waals surface area contributed by atoms with Gasteiger partial charge in [-0.1, -0.05) is 35.3 Å². The van der Waals surface area contributed by atoms with Gasteiger partial charge in [0.15, 0.2) is 10.9 Å². The standard InChI is InChI=1S/C26H17Cl2N3O3S2/c1-33-21-9-6-14(25-29-18-4-2-3-5-23(18)36-25)12-19(21)30-26(35)31-24(32)22-11-10-20(34-22)16-8-7-15(27)13-17(16)28/h2-13H,1H3,(H2,30,31,32,35). The van der Waals surface area contributed by atoms with Gasteiger partial charge >= 0.3 is 0 Å². The lowest BCUT2D eigenvalue weighted by molar-refractivity contribution is 0.0951. The molecule has 36 heavy (non-hydrogen) atoms. The molecule has 0 aliphatic carbocycles. The highest BCUT2D eigenvalue weighted by atomic mass is 35.5. The van der Waals surface area contributed by atoms with E-state index in [-0.39, 0.29) is 10.9 Å². The number of thiocarbonyl (C=S) groups is 1. The van der Waals surface area contributed by atoms with E-state index < -0.39 is 5.91 Å². The van der Waals surface area contributed by atoms with Crippen LogP contribution in [0.15, 0.2) is 77.2 Å². The molecule has 0 saturated carbocycles. The lowest BCUT2D eigenvalue weighted by Crippen LogP contribution is -2.34. The summed E-state index contributed by atoms with van der Waals surface area (Å²) in [5.74, 6) is 0.570. The van der Waals surface area contributed by atoms with Crippen molar-refractivity contribution in [3.8, 4) is 27.6 Å². The molecule has 0 spiro atoms. The summed E-state index contributed by atoms with van der Waals surface area (Å²) >= 11 is 19.2. The minimum atomic E-state index is -0.509. The fraction of sp³-hybridized carbons (Fsp3) is 0.0385. The number of methoxy groups -OCH3 is 1. The number of benzene rings is 3. The normalized spacial score (nSPS) is 10.9. The maximum atomic E-state index is 12.7. The molecular formula is C26H17Cl2N3O3S2. The number of nitrogens with zero attached hydrogens (tertiary/aromatic N) is 1. The number of anilines is 1. The Labute approximate surface area is 225 Å². The van der Waals surface area contributed by atoms with Crippen molar-refractivity contribution in [3.63, 3.8) is 0 Å². The second kappa shape index (κ2) is 10.3. The lowest BCUT2D eigenvalue weighted by Gasteiger charge is -2.13. The zero-order valence-corrected chi connectivity index (χ0v) is 21.8. The molecule has 0 aliphatic heterocycles. The Morgan fingerprint density at radius 2 is 1.89 bits per heavy atom. The number of hydrogen-bond acceptors (Lipinski definition) is 6. The highest BCUT2D eigenvalue weighted by Crippen LogP contribution is 2.35. The number of hydrogen-bond donors (Lipinski definition) is 2. The van der Waals surface area contributed by atoms with Gasteiger partial charge in [0.1, 0.15) is 16.5 Å². The maximum Gasteiger partial charge on any atom is 0.293 e. The zero-order valence-electron chi connectivity index (χ0n) is 18.7. The number of para-hydroxylation sites is 1.